The summed E-state index contributed by atoms with van der Waals surface area (Å²) in [5.74, 6) is -1.83. The van der Waals surface area contributed by atoms with E-state index in [1.165, 1.54) is 30.5 Å². The Labute approximate surface area is 162 Å². The van der Waals surface area contributed by atoms with Crippen LogP contribution in [0.1, 0.15) is 0 Å². The Kier molecular flexibility index (Phi) is 4.52. The summed E-state index contributed by atoms with van der Waals surface area (Å²) in [6, 6.07) is 14.7. The van der Waals surface area contributed by atoms with Crippen molar-refractivity contribution in [2.75, 3.05) is 0 Å². The van der Waals surface area contributed by atoms with Crippen LogP contribution >= 0.6 is 0 Å². The number of nitro groups is 1. The van der Waals surface area contributed by atoms with Gasteiger partial charge in [0.05, 0.1) is 16.1 Å². The minimum atomic E-state index is -0.918. The summed E-state index contributed by atoms with van der Waals surface area (Å²) in [6.45, 7) is 0. The van der Waals surface area contributed by atoms with Gasteiger partial charge in [-0.2, -0.15) is 0 Å². The second-order valence-corrected chi connectivity index (χ2v) is 6.15. The minimum absolute atomic E-state index is 0.0925. The number of halogens is 2. The first-order chi connectivity index (χ1) is 13.9. The molecule has 3 aromatic carbocycles. The molecule has 0 bridgehead atoms. The largest absolute Gasteiger partial charge is 0.452 e. The van der Waals surface area contributed by atoms with E-state index >= 15 is 0 Å². The van der Waals surface area contributed by atoms with E-state index in [2.05, 4.69) is 0 Å². The lowest BCUT2D eigenvalue weighted by Gasteiger charge is -2.16. The maximum atomic E-state index is 14.1. The molecule has 0 N–H and O–H groups in total. The number of benzene rings is 3. The van der Waals surface area contributed by atoms with Crippen molar-refractivity contribution in [2.24, 2.45) is 0 Å². The quantitative estimate of drug-likeness (QED) is 0.362. The second-order valence-electron chi connectivity index (χ2n) is 6.15. The minimum Gasteiger partial charge on any atom is -0.452 e. The lowest BCUT2D eigenvalue weighted by Crippen LogP contribution is -2.08. The lowest BCUT2D eigenvalue weighted by atomic mass is 10.2. The van der Waals surface area contributed by atoms with Crippen molar-refractivity contribution in [3.05, 3.63) is 105 Å². The van der Waals surface area contributed by atoms with Gasteiger partial charge in [-0.25, -0.2) is 8.78 Å². The van der Waals surface area contributed by atoms with Crippen molar-refractivity contribution in [3.63, 3.8) is 0 Å². The van der Waals surface area contributed by atoms with Gasteiger partial charge < -0.3 is 9.30 Å². The SMILES string of the molecule is O=c1ccn(-c2cc([N+](=O)[O-])ccc2Oc2ccc(F)cc2F)c2ccccc12. The number of fused-ring (bicyclic) bond motifs is 1. The van der Waals surface area contributed by atoms with Crippen LogP contribution in [0, 0.1) is 21.7 Å². The number of aromatic nitrogens is 1. The Balaban J connectivity index is 1.94. The van der Waals surface area contributed by atoms with Crippen molar-refractivity contribution in [2.45, 2.75) is 0 Å². The zero-order chi connectivity index (χ0) is 20.5. The van der Waals surface area contributed by atoms with Crippen LogP contribution in [0.5, 0.6) is 11.5 Å². The molecule has 0 unspecified atom stereocenters. The highest BCUT2D eigenvalue weighted by molar-refractivity contribution is 5.81. The molecule has 8 heteroatoms. The normalized spacial score (nSPS) is 10.8. The van der Waals surface area contributed by atoms with Crippen LogP contribution in [0.2, 0.25) is 0 Å². The highest BCUT2D eigenvalue weighted by Gasteiger charge is 2.17. The molecule has 6 nitrogen and oxygen atoms in total. The maximum absolute atomic E-state index is 14.1. The molecular weight excluding hydrogens is 382 g/mol. The van der Waals surface area contributed by atoms with Gasteiger partial charge in [-0.05, 0) is 30.3 Å². The van der Waals surface area contributed by atoms with Crippen LogP contribution < -0.4 is 10.2 Å². The third-order valence-electron chi connectivity index (χ3n) is 4.33. The van der Waals surface area contributed by atoms with Crippen LogP contribution in [0.15, 0.2) is 77.7 Å². The average Bonchev–Trinajstić information content (AvgIpc) is 2.71. The molecule has 0 aliphatic carbocycles. The van der Waals surface area contributed by atoms with Gasteiger partial charge in [-0.15, -0.1) is 0 Å². The predicted molar refractivity (Wildman–Crippen MR) is 103 cm³/mol. The fraction of sp³-hybridized carbons (Fsp3) is 0. The zero-order valence-electron chi connectivity index (χ0n) is 14.7. The number of non-ortho nitro benzene ring substituents is 1. The molecule has 0 aliphatic rings. The van der Waals surface area contributed by atoms with E-state index < -0.39 is 16.6 Å². The number of pyridine rings is 1. The second kappa shape index (κ2) is 7.16. The standard InChI is InChI=1S/C21H12F2N2O4/c22-13-5-7-20(16(23)11-13)29-21-8-6-14(25(27)28)12-18(21)24-10-9-19(26)15-3-1-2-4-17(15)24/h1-12H. The number of hydrogen-bond donors (Lipinski definition) is 0. The molecule has 0 saturated carbocycles. The number of ether oxygens (including phenoxy) is 1. The first kappa shape index (κ1) is 18.3. The van der Waals surface area contributed by atoms with Crippen LogP contribution in [-0.4, -0.2) is 9.49 Å². The van der Waals surface area contributed by atoms with Crippen LogP contribution in [0.3, 0.4) is 0 Å². The van der Waals surface area contributed by atoms with Crippen molar-refractivity contribution < 1.29 is 18.4 Å². The summed E-state index contributed by atoms with van der Waals surface area (Å²) in [5, 5.41) is 11.7. The molecule has 0 atom stereocenters. The van der Waals surface area contributed by atoms with E-state index in [0.717, 1.165) is 12.1 Å². The van der Waals surface area contributed by atoms with Gasteiger partial charge in [0.25, 0.3) is 5.69 Å². The highest BCUT2D eigenvalue weighted by Crippen LogP contribution is 2.34. The van der Waals surface area contributed by atoms with Gasteiger partial charge in [0.1, 0.15) is 5.82 Å². The Morgan fingerprint density at radius 1 is 0.931 bits per heavy atom. The van der Waals surface area contributed by atoms with Crippen LogP contribution in [0.4, 0.5) is 14.5 Å². The summed E-state index contributed by atoms with van der Waals surface area (Å²) in [7, 11) is 0. The summed E-state index contributed by atoms with van der Waals surface area (Å²) in [6.07, 6.45) is 1.46. The molecule has 4 rings (SSSR count). The summed E-state index contributed by atoms with van der Waals surface area (Å²) >= 11 is 0. The molecule has 0 saturated heterocycles. The van der Waals surface area contributed by atoms with E-state index in [-0.39, 0.29) is 28.3 Å². The molecule has 0 radical (unpaired) electrons. The fourth-order valence-corrected chi connectivity index (χ4v) is 2.98. The summed E-state index contributed by atoms with van der Waals surface area (Å²) in [4.78, 5) is 22.8. The predicted octanol–water partition coefficient (Wildman–Crippen LogP) is 4.97. The van der Waals surface area contributed by atoms with Crippen LogP contribution in [0.25, 0.3) is 16.6 Å². The highest BCUT2D eigenvalue weighted by atomic mass is 19.1. The Bertz CT molecular complexity index is 1320. The van der Waals surface area contributed by atoms with E-state index in [0.29, 0.717) is 17.0 Å². The molecule has 0 amide bonds. The molecule has 4 aromatic rings. The molecule has 1 aromatic heterocycles. The molecular formula is C21H12F2N2O4. The molecule has 29 heavy (non-hydrogen) atoms. The zero-order valence-corrected chi connectivity index (χ0v) is 14.7. The van der Waals surface area contributed by atoms with Gasteiger partial charge >= 0.3 is 0 Å². The third kappa shape index (κ3) is 3.43. The molecule has 0 spiro atoms. The number of para-hydroxylation sites is 1. The van der Waals surface area contributed by atoms with Crippen molar-refractivity contribution >= 4 is 16.6 Å². The lowest BCUT2D eigenvalue weighted by molar-refractivity contribution is -0.384. The van der Waals surface area contributed by atoms with Gasteiger partial charge in [0, 0.05) is 35.8 Å². The Morgan fingerprint density at radius 2 is 1.69 bits per heavy atom. The number of nitro benzene ring substituents is 1. The van der Waals surface area contributed by atoms with Crippen molar-refractivity contribution in [3.8, 4) is 17.2 Å². The average molecular weight is 394 g/mol. The fourth-order valence-electron chi connectivity index (χ4n) is 2.98. The number of nitrogens with zero attached hydrogens (tertiary/aromatic N) is 2. The van der Waals surface area contributed by atoms with E-state index in [1.807, 2.05) is 0 Å². The van der Waals surface area contributed by atoms with E-state index in [1.54, 1.807) is 28.8 Å². The summed E-state index contributed by atoms with van der Waals surface area (Å²) < 4.78 is 34.4. The Hall–Kier alpha value is -4.07. The summed E-state index contributed by atoms with van der Waals surface area (Å²) in [5.41, 5.74) is 0.285. The van der Waals surface area contributed by atoms with Gasteiger partial charge in [-0.1, -0.05) is 12.1 Å². The number of rotatable bonds is 4. The maximum Gasteiger partial charge on any atom is 0.271 e. The molecule has 0 fully saturated rings. The first-order valence-electron chi connectivity index (χ1n) is 8.46. The Morgan fingerprint density at radius 3 is 2.45 bits per heavy atom. The number of hydrogen-bond acceptors (Lipinski definition) is 4. The molecule has 0 aliphatic heterocycles. The first-order valence-corrected chi connectivity index (χ1v) is 8.46. The van der Waals surface area contributed by atoms with Crippen molar-refractivity contribution in [1.82, 2.24) is 4.57 Å². The van der Waals surface area contributed by atoms with Crippen molar-refractivity contribution in [1.29, 1.82) is 0 Å². The molecule has 144 valence electrons. The van der Waals surface area contributed by atoms with Gasteiger partial charge in [0.15, 0.2) is 22.7 Å². The van der Waals surface area contributed by atoms with Gasteiger partial charge in [0.2, 0.25) is 0 Å². The van der Waals surface area contributed by atoms with E-state index in [4.69, 9.17) is 4.74 Å². The topological polar surface area (TPSA) is 74.4 Å². The van der Waals surface area contributed by atoms with E-state index in [9.17, 15) is 23.7 Å². The monoisotopic (exact) mass is 394 g/mol. The van der Waals surface area contributed by atoms with Crippen LogP contribution in [-0.2, 0) is 0 Å². The smallest absolute Gasteiger partial charge is 0.271 e. The molecule has 1 heterocycles. The van der Waals surface area contributed by atoms with Gasteiger partial charge in [-0.3, -0.25) is 14.9 Å². The third-order valence-corrected chi connectivity index (χ3v) is 4.33.